The second-order valence-corrected chi connectivity index (χ2v) is 10.1. The van der Waals surface area contributed by atoms with E-state index in [0.29, 0.717) is 12.1 Å². The predicted molar refractivity (Wildman–Crippen MR) is 121 cm³/mol. The van der Waals surface area contributed by atoms with E-state index < -0.39 is 6.23 Å². The first-order valence-electron chi connectivity index (χ1n) is 10.5. The van der Waals surface area contributed by atoms with Gasteiger partial charge in [0.1, 0.15) is 16.2 Å². The number of aromatic nitrogens is 1. The Morgan fingerprint density at radius 3 is 2.76 bits per heavy atom. The minimum Gasteiger partial charge on any atom is -0.381 e. The molecule has 5 nitrogen and oxygen atoms in total. The predicted octanol–water partition coefficient (Wildman–Crippen LogP) is 4.40. The quantitative estimate of drug-likeness (QED) is 0.525. The molecule has 154 valence electrons. The smallest absolute Gasteiger partial charge is 0.127 e. The number of benzene rings is 1. The van der Waals surface area contributed by atoms with Gasteiger partial charge in [0.05, 0.1) is 10.2 Å². The molecule has 7 heteroatoms. The number of aliphatic hydroxyl groups excluding tert-OH is 1. The average molecular weight is 430 g/mol. The highest BCUT2D eigenvalue weighted by molar-refractivity contribution is 7.22. The summed E-state index contributed by atoms with van der Waals surface area (Å²) in [6.07, 6.45) is 4.89. The summed E-state index contributed by atoms with van der Waals surface area (Å²) in [5.41, 5.74) is 3.67. The normalized spacial score (nSPS) is 21.2. The monoisotopic (exact) mass is 429 g/mol. The summed E-state index contributed by atoms with van der Waals surface area (Å²) in [7, 11) is 0. The van der Waals surface area contributed by atoms with Crippen molar-refractivity contribution in [1.82, 2.24) is 10.3 Å². The molecule has 0 amide bonds. The van der Waals surface area contributed by atoms with E-state index in [-0.39, 0.29) is 0 Å². The molecule has 3 N–H and O–H groups in total. The molecule has 3 aromatic rings. The largest absolute Gasteiger partial charge is 0.381 e. The second kappa shape index (κ2) is 8.32. The van der Waals surface area contributed by atoms with Crippen LogP contribution in [0.1, 0.15) is 36.6 Å². The van der Waals surface area contributed by atoms with Gasteiger partial charge < -0.3 is 20.5 Å². The molecule has 2 atom stereocenters. The molecule has 0 saturated carbocycles. The number of para-hydroxylation sites is 1. The maximum absolute atomic E-state index is 10.0. The molecular formula is C22H27N3O2S2. The van der Waals surface area contributed by atoms with E-state index in [0.717, 1.165) is 60.8 Å². The van der Waals surface area contributed by atoms with Crippen LogP contribution < -0.4 is 10.6 Å². The summed E-state index contributed by atoms with van der Waals surface area (Å²) in [5, 5.41) is 19.3. The number of hydrogen-bond donors (Lipinski definition) is 3. The van der Waals surface area contributed by atoms with E-state index in [1.807, 2.05) is 6.07 Å². The Balaban J connectivity index is 1.46. The second-order valence-electron chi connectivity index (χ2n) is 8.01. The third-order valence-electron chi connectivity index (χ3n) is 5.81. The summed E-state index contributed by atoms with van der Waals surface area (Å²) < 4.78 is 6.71. The Labute approximate surface area is 179 Å². The van der Waals surface area contributed by atoms with Crippen LogP contribution >= 0.6 is 22.7 Å². The van der Waals surface area contributed by atoms with Gasteiger partial charge in [-0.2, -0.15) is 0 Å². The molecule has 3 heterocycles. The number of rotatable bonds is 5. The molecule has 2 unspecified atom stereocenters. The summed E-state index contributed by atoms with van der Waals surface area (Å²) in [6.45, 7) is 3.52. The minimum atomic E-state index is -0.584. The third-order valence-corrected chi connectivity index (χ3v) is 8.05. The average Bonchev–Trinajstić information content (AvgIpc) is 3.28. The van der Waals surface area contributed by atoms with Gasteiger partial charge in [-0.1, -0.05) is 12.1 Å². The lowest BCUT2D eigenvalue weighted by Crippen LogP contribution is -2.43. The van der Waals surface area contributed by atoms with Crippen LogP contribution in [0.4, 0.5) is 5.00 Å². The third kappa shape index (κ3) is 4.07. The Morgan fingerprint density at radius 1 is 1.14 bits per heavy atom. The van der Waals surface area contributed by atoms with E-state index in [9.17, 15) is 5.11 Å². The van der Waals surface area contributed by atoms with Gasteiger partial charge in [0.15, 0.2) is 0 Å². The van der Waals surface area contributed by atoms with E-state index in [1.165, 1.54) is 20.7 Å². The highest BCUT2D eigenvalue weighted by Gasteiger charge is 2.29. The van der Waals surface area contributed by atoms with Crippen LogP contribution in [0.3, 0.4) is 0 Å². The Hall–Kier alpha value is -1.51. The number of nitrogens with zero attached hydrogens (tertiary/aromatic N) is 1. The molecule has 2 aliphatic rings. The lowest BCUT2D eigenvalue weighted by molar-refractivity contribution is 0.0743. The summed E-state index contributed by atoms with van der Waals surface area (Å²) >= 11 is 3.53. The van der Waals surface area contributed by atoms with Crippen LogP contribution in [0.25, 0.3) is 20.8 Å². The number of anilines is 1. The molecule has 0 radical (unpaired) electrons. The van der Waals surface area contributed by atoms with Gasteiger partial charge in [-0.25, -0.2) is 4.98 Å². The zero-order valence-electron chi connectivity index (χ0n) is 16.6. The molecule has 0 bridgehead atoms. The lowest BCUT2D eigenvalue weighted by atomic mass is 9.91. The van der Waals surface area contributed by atoms with E-state index in [4.69, 9.17) is 9.72 Å². The van der Waals surface area contributed by atoms with Crippen molar-refractivity contribution in [2.75, 3.05) is 18.5 Å². The van der Waals surface area contributed by atoms with Crippen molar-refractivity contribution in [3.8, 4) is 10.6 Å². The minimum absolute atomic E-state index is 0.520. The van der Waals surface area contributed by atoms with Crippen molar-refractivity contribution in [2.45, 2.75) is 57.3 Å². The van der Waals surface area contributed by atoms with Gasteiger partial charge >= 0.3 is 0 Å². The summed E-state index contributed by atoms with van der Waals surface area (Å²) in [6, 6.07) is 9.40. The number of fused-ring (bicyclic) bond motifs is 2. The molecule has 5 rings (SSSR count). The fourth-order valence-electron chi connectivity index (χ4n) is 4.42. The molecule has 1 aliphatic carbocycles. The number of thiophene rings is 1. The molecule has 1 fully saturated rings. The van der Waals surface area contributed by atoms with Crippen molar-refractivity contribution in [3.63, 3.8) is 0 Å². The Kier molecular flexibility index (Phi) is 5.58. The van der Waals surface area contributed by atoms with Gasteiger partial charge in [-0.3, -0.25) is 0 Å². The number of thiazole rings is 1. The van der Waals surface area contributed by atoms with Gasteiger partial charge in [0.2, 0.25) is 0 Å². The zero-order chi connectivity index (χ0) is 19.8. The summed E-state index contributed by atoms with van der Waals surface area (Å²) in [5.74, 6) is 0. The van der Waals surface area contributed by atoms with Gasteiger partial charge in [0.25, 0.3) is 0 Å². The zero-order valence-corrected chi connectivity index (χ0v) is 18.2. The Bertz CT molecular complexity index is 958. The number of aliphatic hydroxyl groups is 1. The molecule has 1 saturated heterocycles. The lowest BCUT2D eigenvalue weighted by Gasteiger charge is -2.31. The van der Waals surface area contributed by atoms with Gasteiger partial charge in [-0.05, 0) is 56.7 Å². The van der Waals surface area contributed by atoms with Crippen LogP contribution in [-0.2, 0) is 17.6 Å². The van der Waals surface area contributed by atoms with Crippen molar-refractivity contribution in [3.05, 3.63) is 34.7 Å². The van der Waals surface area contributed by atoms with Crippen molar-refractivity contribution < 1.29 is 9.84 Å². The fourth-order valence-corrected chi connectivity index (χ4v) is 6.94. The van der Waals surface area contributed by atoms with Crippen LogP contribution in [-0.4, -0.2) is 41.6 Å². The van der Waals surface area contributed by atoms with Crippen molar-refractivity contribution in [2.24, 2.45) is 0 Å². The molecule has 29 heavy (non-hydrogen) atoms. The number of nitrogens with one attached hydrogen (secondary N) is 2. The van der Waals surface area contributed by atoms with E-state index in [1.54, 1.807) is 29.6 Å². The number of hydrogen-bond acceptors (Lipinski definition) is 7. The van der Waals surface area contributed by atoms with E-state index >= 15 is 0 Å². The van der Waals surface area contributed by atoms with E-state index in [2.05, 4.69) is 28.8 Å². The number of ether oxygens (including phenoxy) is 1. The first kappa shape index (κ1) is 19.5. The first-order chi connectivity index (χ1) is 14.2. The standard InChI is InChI=1S/C22H27N3O2S2/c1-13(26)23-21-20(22-25-17-4-2-3-5-18(17)28-22)16-7-6-15(12-19(16)29-21)24-14-8-10-27-11-9-14/h2-5,13-15,23-24,26H,6-12H2,1H3. The SMILES string of the molecule is CC(O)Nc1sc2c(c1-c1nc3ccccc3s1)CCC(NC1CCOCC1)C2. The molecular weight excluding hydrogens is 402 g/mol. The molecule has 2 aromatic heterocycles. The summed E-state index contributed by atoms with van der Waals surface area (Å²) in [4.78, 5) is 6.35. The van der Waals surface area contributed by atoms with Crippen LogP contribution in [0.5, 0.6) is 0 Å². The highest BCUT2D eigenvalue weighted by atomic mass is 32.1. The van der Waals surface area contributed by atoms with Gasteiger partial charge in [0, 0.05) is 35.7 Å². The maximum Gasteiger partial charge on any atom is 0.127 e. The van der Waals surface area contributed by atoms with Crippen molar-refractivity contribution in [1.29, 1.82) is 0 Å². The Morgan fingerprint density at radius 2 is 1.97 bits per heavy atom. The van der Waals surface area contributed by atoms with Crippen molar-refractivity contribution >= 4 is 37.9 Å². The maximum atomic E-state index is 10.0. The van der Waals surface area contributed by atoms with Crippen LogP contribution in [0.2, 0.25) is 0 Å². The molecule has 1 aliphatic heterocycles. The topological polar surface area (TPSA) is 66.4 Å². The first-order valence-corrected chi connectivity index (χ1v) is 12.1. The van der Waals surface area contributed by atoms with Crippen LogP contribution in [0.15, 0.2) is 24.3 Å². The van der Waals surface area contributed by atoms with Crippen LogP contribution in [0, 0.1) is 0 Å². The fraction of sp³-hybridized carbons (Fsp3) is 0.500. The molecule has 1 aromatic carbocycles. The highest BCUT2D eigenvalue weighted by Crippen LogP contribution is 2.46. The molecule has 0 spiro atoms. The van der Waals surface area contributed by atoms with Gasteiger partial charge in [-0.15, -0.1) is 22.7 Å².